The Kier molecular flexibility index (Phi) is 3.20. The van der Waals surface area contributed by atoms with Crippen molar-refractivity contribution < 1.29 is 23.1 Å². The second-order valence-corrected chi connectivity index (χ2v) is 4.30. The minimum atomic E-state index is -4.54. The third-order valence-electron chi connectivity index (χ3n) is 2.51. The van der Waals surface area contributed by atoms with Crippen LogP contribution in [-0.4, -0.2) is 28.6 Å². The van der Waals surface area contributed by atoms with Gasteiger partial charge in [0.05, 0.1) is 29.7 Å². The molecule has 1 aliphatic rings. The summed E-state index contributed by atoms with van der Waals surface area (Å²) in [6.45, 7) is -0.0169. The third-order valence-corrected chi connectivity index (χ3v) is 2.79. The van der Waals surface area contributed by atoms with E-state index in [4.69, 9.17) is 11.6 Å². The smallest absolute Gasteiger partial charge is 0.391 e. The Balaban J connectivity index is 2.34. The molecule has 1 amide bonds. The molecular weight excluding hydrogens is 273 g/mol. The molecule has 0 bridgehead atoms. The average molecular weight is 281 g/mol. The van der Waals surface area contributed by atoms with Gasteiger partial charge in [0.15, 0.2) is 5.82 Å². The molecule has 2 rings (SSSR count). The molecular formula is C10H8ClF3N2O2. The lowest BCUT2D eigenvalue weighted by Gasteiger charge is -2.17. The molecule has 1 N–H and O–H groups in total. The van der Waals surface area contributed by atoms with Gasteiger partial charge in [-0.05, 0) is 6.07 Å². The number of aliphatic hydroxyl groups excluding tert-OH is 1. The molecule has 2 heterocycles. The SMILES string of the molecule is O=C1CC(O)CN1c1ncc(C(F)(F)F)cc1Cl. The van der Waals surface area contributed by atoms with Crippen LogP contribution in [0.2, 0.25) is 5.02 Å². The lowest BCUT2D eigenvalue weighted by atomic mass is 10.2. The van der Waals surface area contributed by atoms with E-state index in [0.717, 1.165) is 4.90 Å². The summed E-state index contributed by atoms with van der Waals surface area (Å²) >= 11 is 5.69. The number of carbonyl (C=O) groups is 1. The van der Waals surface area contributed by atoms with E-state index in [1.165, 1.54) is 0 Å². The molecule has 0 saturated carbocycles. The monoisotopic (exact) mass is 280 g/mol. The van der Waals surface area contributed by atoms with Crippen LogP contribution < -0.4 is 4.90 Å². The maximum Gasteiger partial charge on any atom is 0.417 e. The van der Waals surface area contributed by atoms with E-state index in [9.17, 15) is 23.1 Å². The topological polar surface area (TPSA) is 53.4 Å². The van der Waals surface area contributed by atoms with E-state index in [2.05, 4.69) is 4.98 Å². The number of hydrogen-bond acceptors (Lipinski definition) is 3. The second-order valence-electron chi connectivity index (χ2n) is 3.89. The van der Waals surface area contributed by atoms with Crippen LogP contribution in [0.1, 0.15) is 12.0 Å². The number of halogens is 4. The van der Waals surface area contributed by atoms with E-state index in [-0.39, 0.29) is 23.8 Å². The van der Waals surface area contributed by atoms with Gasteiger partial charge in [0.1, 0.15) is 0 Å². The number of rotatable bonds is 1. The van der Waals surface area contributed by atoms with Crippen molar-refractivity contribution >= 4 is 23.3 Å². The van der Waals surface area contributed by atoms with Crippen molar-refractivity contribution in [2.75, 3.05) is 11.4 Å². The number of hydrogen-bond donors (Lipinski definition) is 1. The Bertz CT molecular complexity index is 493. The van der Waals surface area contributed by atoms with Gasteiger partial charge in [0.2, 0.25) is 5.91 Å². The van der Waals surface area contributed by atoms with Gasteiger partial charge in [-0.25, -0.2) is 4.98 Å². The lowest BCUT2D eigenvalue weighted by Crippen LogP contribution is -2.26. The summed E-state index contributed by atoms with van der Waals surface area (Å²) in [5, 5.41) is 9.02. The standard InChI is InChI=1S/C10H8ClF3N2O2/c11-7-1-5(10(12,13)14)3-15-9(7)16-4-6(17)2-8(16)18/h1,3,6,17H,2,4H2. The fourth-order valence-corrected chi connectivity index (χ4v) is 1.95. The van der Waals surface area contributed by atoms with Crippen LogP contribution in [0.4, 0.5) is 19.0 Å². The summed E-state index contributed by atoms with van der Waals surface area (Å²) in [7, 11) is 0. The number of aromatic nitrogens is 1. The predicted molar refractivity (Wildman–Crippen MR) is 57.2 cm³/mol. The summed E-state index contributed by atoms with van der Waals surface area (Å²) in [6.07, 6.45) is -4.86. The molecule has 0 aromatic carbocycles. The Morgan fingerprint density at radius 2 is 2.17 bits per heavy atom. The first-order chi connectivity index (χ1) is 8.29. The zero-order valence-corrected chi connectivity index (χ0v) is 9.66. The van der Waals surface area contributed by atoms with Crippen molar-refractivity contribution in [3.8, 4) is 0 Å². The Labute approximate surface area is 105 Å². The van der Waals surface area contributed by atoms with Crippen molar-refractivity contribution in [1.29, 1.82) is 0 Å². The number of amides is 1. The van der Waals surface area contributed by atoms with Gasteiger partial charge in [-0.15, -0.1) is 0 Å². The van der Waals surface area contributed by atoms with Gasteiger partial charge < -0.3 is 5.11 Å². The molecule has 1 aromatic rings. The van der Waals surface area contributed by atoms with Crippen molar-refractivity contribution in [1.82, 2.24) is 4.98 Å². The number of carbonyl (C=O) groups excluding carboxylic acids is 1. The van der Waals surface area contributed by atoms with Crippen LogP contribution in [0.3, 0.4) is 0 Å². The van der Waals surface area contributed by atoms with Gasteiger partial charge in [-0.3, -0.25) is 9.69 Å². The van der Waals surface area contributed by atoms with Crippen LogP contribution in [0.15, 0.2) is 12.3 Å². The first-order valence-corrected chi connectivity index (χ1v) is 5.38. The van der Waals surface area contributed by atoms with Crippen LogP contribution in [0.5, 0.6) is 0 Å². The van der Waals surface area contributed by atoms with E-state index in [1.54, 1.807) is 0 Å². The van der Waals surface area contributed by atoms with Crippen molar-refractivity contribution in [3.63, 3.8) is 0 Å². The quantitative estimate of drug-likeness (QED) is 0.854. The number of anilines is 1. The highest BCUT2D eigenvalue weighted by atomic mass is 35.5. The van der Waals surface area contributed by atoms with Gasteiger partial charge in [-0.1, -0.05) is 11.6 Å². The Morgan fingerprint density at radius 1 is 1.50 bits per heavy atom. The van der Waals surface area contributed by atoms with Gasteiger partial charge in [-0.2, -0.15) is 13.2 Å². The van der Waals surface area contributed by atoms with Crippen LogP contribution >= 0.6 is 11.6 Å². The highest BCUT2D eigenvalue weighted by Crippen LogP contribution is 2.34. The van der Waals surface area contributed by atoms with Crippen LogP contribution in [0.25, 0.3) is 0 Å². The molecule has 18 heavy (non-hydrogen) atoms. The second kappa shape index (κ2) is 4.40. The maximum atomic E-state index is 12.4. The maximum absolute atomic E-state index is 12.4. The van der Waals surface area contributed by atoms with Crippen molar-refractivity contribution in [2.24, 2.45) is 0 Å². The average Bonchev–Trinajstić information content (AvgIpc) is 2.56. The molecule has 1 aromatic heterocycles. The number of nitrogens with zero attached hydrogens (tertiary/aromatic N) is 2. The van der Waals surface area contributed by atoms with E-state index in [1.807, 2.05) is 0 Å². The van der Waals surface area contributed by atoms with Crippen LogP contribution in [-0.2, 0) is 11.0 Å². The largest absolute Gasteiger partial charge is 0.417 e. The van der Waals surface area contributed by atoms with E-state index >= 15 is 0 Å². The molecule has 1 atom stereocenters. The number of aliphatic hydroxyl groups is 1. The zero-order valence-electron chi connectivity index (χ0n) is 8.91. The van der Waals surface area contributed by atoms with Gasteiger partial charge >= 0.3 is 6.18 Å². The summed E-state index contributed by atoms with van der Waals surface area (Å²) in [5.41, 5.74) is -0.983. The van der Waals surface area contributed by atoms with Crippen LogP contribution in [0, 0.1) is 0 Å². The summed E-state index contributed by atoms with van der Waals surface area (Å²) in [5.74, 6) is -0.483. The molecule has 98 valence electrons. The molecule has 1 saturated heterocycles. The molecule has 8 heteroatoms. The molecule has 1 aliphatic heterocycles. The number of β-amino-alcohol motifs (C(OH)–C–C–N with tert-alkyl or cyclic N) is 1. The molecule has 4 nitrogen and oxygen atoms in total. The fourth-order valence-electron chi connectivity index (χ4n) is 1.68. The minimum Gasteiger partial charge on any atom is -0.391 e. The lowest BCUT2D eigenvalue weighted by molar-refractivity contribution is -0.137. The molecule has 0 radical (unpaired) electrons. The summed E-state index contributed by atoms with van der Waals surface area (Å²) < 4.78 is 37.2. The number of pyridine rings is 1. The molecule has 0 spiro atoms. The highest BCUT2D eigenvalue weighted by Gasteiger charge is 2.34. The first kappa shape index (κ1) is 13.1. The molecule has 0 aliphatic carbocycles. The molecule has 1 fully saturated rings. The first-order valence-electron chi connectivity index (χ1n) is 5.00. The minimum absolute atomic E-state index is 0.0169. The summed E-state index contributed by atoms with van der Waals surface area (Å²) in [4.78, 5) is 16.1. The van der Waals surface area contributed by atoms with E-state index < -0.39 is 23.8 Å². The van der Waals surface area contributed by atoms with E-state index in [0.29, 0.717) is 12.3 Å². The van der Waals surface area contributed by atoms with Gasteiger partial charge in [0.25, 0.3) is 0 Å². The fraction of sp³-hybridized carbons (Fsp3) is 0.400. The van der Waals surface area contributed by atoms with Crippen molar-refractivity contribution in [3.05, 3.63) is 22.8 Å². The third kappa shape index (κ3) is 2.41. The molecule has 1 unspecified atom stereocenters. The van der Waals surface area contributed by atoms with Gasteiger partial charge in [0, 0.05) is 6.20 Å². The zero-order chi connectivity index (χ0) is 13.5. The summed E-state index contributed by atoms with van der Waals surface area (Å²) in [6, 6.07) is 0.710. The normalized spacial score (nSPS) is 20.6. The van der Waals surface area contributed by atoms with Crippen molar-refractivity contribution in [2.45, 2.75) is 18.7 Å². The predicted octanol–water partition coefficient (Wildman–Crippen LogP) is 1.85. The Hall–Kier alpha value is -1.34. The number of alkyl halides is 3. The Morgan fingerprint density at radius 3 is 2.61 bits per heavy atom. The highest BCUT2D eigenvalue weighted by molar-refractivity contribution is 6.33.